The van der Waals surface area contributed by atoms with Crippen LogP contribution >= 0.6 is 0 Å². The zero-order chi connectivity index (χ0) is 17.9. The molecule has 0 aliphatic carbocycles. The summed E-state index contributed by atoms with van der Waals surface area (Å²) < 4.78 is 10.6. The molecule has 8 heteroatoms. The second kappa shape index (κ2) is 7.67. The van der Waals surface area contributed by atoms with Crippen molar-refractivity contribution in [3.8, 4) is 0 Å². The molecule has 1 fully saturated rings. The molecule has 1 saturated heterocycles. The molecule has 1 N–H and O–H groups in total. The summed E-state index contributed by atoms with van der Waals surface area (Å²) in [7, 11) is 0. The largest absolute Gasteiger partial charge is 0.381 e. The molecule has 2 aliphatic rings. The van der Waals surface area contributed by atoms with Gasteiger partial charge in [0.1, 0.15) is 11.6 Å². The Morgan fingerprint density at radius 2 is 2.04 bits per heavy atom. The second-order valence-electron chi connectivity index (χ2n) is 7.16. The van der Waals surface area contributed by atoms with Crippen molar-refractivity contribution in [1.82, 2.24) is 25.0 Å². The summed E-state index contributed by atoms with van der Waals surface area (Å²) in [4.78, 5) is 16.1. The van der Waals surface area contributed by atoms with Gasteiger partial charge in [0.15, 0.2) is 5.82 Å². The van der Waals surface area contributed by atoms with Crippen molar-refractivity contribution in [1.29, 1.82) is 0 Å². The standard InChI is InChI=1S/C18H26N6O2/c1-12-20-16-4-7-24(10-14-5-8-25-11-14)6-3-15(16)18(21-12)19-9-17-22-13(2)26-23-17/h14H,3-11H2,1-2H3,(H,19,20,21)/t14-/m1/s1. The normalized spacial score (nSPS) is 20.8. The molecular formula is C18H26N6O2. The fraction of sp³-hybridized carbons (Fsp3) is 0.667. The highest BCUT2D eigenvalue weighted by molar-refractivity contribution is 5.47. The molecule has 2 aromatic rings. The van der Waals surface area contributed by atoms with Crippen molar-refractivity contribution >= 4 is 5.82 Å². The number of hydrogen-bond donors (Lipinski definition) is 1. The quantitative estimate of drug-likeness (QED) is 0.861. The molecular weight excluding hydrogens is 332 g/mol. The molecule has 0 aromatic carbocycles. The molecule has 0 spiro atoms. The molecule has 4 heterocycles. The Morgan fingerprint density at radius 1 is 1.15 bits per heavy atom. The molecule has 0 unspecified atom stereocenters. The van der Waals surface area contributed by atoms with Gasteiger partial charge in [0.25, 0.3) is 0 Å². The first-order chi connectivity index (χ1) is 12.7. The van der Waals surface area contributed by atoms with Gasteiger partial charge in [-0.05, 0) is 25.7 Å². The van der Waals surface area contributed by atoms with E-state index in [1.165, 1.54) is 12.0 Å². The van der Waals surface area contributed by atoms with E-state index < -0.39 is 0 Å². The van der Waals surface area contributed by atoms with Gasteiger partial charge in [-0.15, -0.1) is 0 Å². The molecule has 0 radical (unpaired) electrons. The highest BCUT2D eigenvalue weighted by Crippen LogP contribution is 2.23. The fourth-order valence-corrected chi connectivity index (χ4v) is 3.77. The van der Waals surface area contributed by atoms with Crippen LogP contribution in [0.3, 0.4) is 0 Å². The summed E-state index contributed by atoms with van der Waals surface area (Å²) in [5, 5.41) is 7.33. The van der Waals surface area contributed by atoms with Gasteiger partial charge >= 0.3 is 0 Å². The maximum Gasteiger partial charge on any atom is 0.223 e. The topological polar surface area (TPSA) is 89.2 Å². The Labute approximate surface area is 153 Å². The minimum atomic E-state index is 0.503. The highest BCUT2D eigenvalue weighted by Gasteiger charge is 2.23. The number of ether oxygens (including phenoxy) is 1. The first-order valence-corrected chi connectivity index (χ1v) is 9.37. The first kappa shape index (κ1) is 17.4. The molecule has 4 rings (SSSR count). The zero-order valence-electron chi connectivity index (χ0n) is 15.5. The molecule has 140 valence electrons. The van der Waals surface area contributed by atoms with Crippen molar-refractivity contribution in [3.05, 3.63) is 28.8 Å². The summed E-state index contributed by atoms with van der Waals surface area (Å²) in [6.45, 7) is 9.25. The number of hydrogen-bond acceptors (Lipinski definition) is 8. The van der Waals surface area contributed by atoms with Crippen molar-refractivity contribution in [2.24, 2.45) is 5.92 Å². The van der Waals surface area contributed by atoms with Crippen LogP contribution in [-0.4, -0.2) is 57.9 Å². The van der Waals surface area contributed by atoms with E-state index in [-0.39, 0.29) is 0 Å². The number of nitrogens with one attached hydrogen (secondary N) is 1. The molecule has 1 atom stereocenters. The lowest BCUT2D eigenvalue weighted by Gasteiger charge is -2.22. The van der Waals surface area contributed by atoms with E-state index in [2.05, 4.69) is 25.3 Å². The SMILES string of the molecule is Cc1nc2c(c(NCc3noc(C)n3)n1)CCN(C[C@H]1CCOC1)CC2. The predicted molar refractivity (Wildman–Crippen MR) is 95.9 cm³/mol. The smallest absolute Gasteiger partial charge is 0.223 e. The fourth-order valence-electron chi connectivity index (χ4n) is 3.77. The van der Waals surface area contributed by atoms with Gasteiger partial charge in [-0.1, -0.05) is 5.16 Å². The molecule has 0 bridgehead atoms. The van der Waals surface area contributed by atoms with Gasteiger partial charge < -0.3 is 19.5 Å². The summed E-state index contributed by atoms with van der Waals surface area (Å²) in [5.74, 6) is 3.59. The van der Waals surface area contributed by atoms with E-state index >= 15 is 0 Å². The van der Waals surface area contributed by atoms with Crippen LogP contribution in [0.1, 0.15) is 35.2 Å². The number of aryl methyl sites for hydroxylation is 2. The van der Waals surface area contributed by atoms with Gasteiger partial charge in [0.05, 0.1) is 18.8 Å². The Hall–Kier alpha value is -2.06. The van der Waals surface area contributed by atoms with E-state index in [9.17, 15) is 0 Å². The Morgan fingerprint density at radius 3 is 2.81 bits per heavy atom. The van der Waals surface area contributed by atoms with E-state index in [1.807, 2.05) is 6.92 Å². The average molecular weight is 358 g/mol. The number of rotatable bonds is 5. The third kappa shape index (κ3) is 4.02. The van der Waals surface area contributed by atoms with E-state index in [0.29, 0.717) is 24.2 Å². The molecule has 0 saturated carbocycles. The van der Waals surface area contributed by atoms with Crippen molar-refractivity contribution in [2.45, 2.75) is 39.7 Å². The van der Waals surface area contributed by atoms with Crippen LogP contribution in [-0.2, 0) is 24.1 Å². The monoisotopic (exact) mass is 358 g/mol. The third-order valence-corrected chi connectivity index (χ3v) is 5.07. The van der Waals surface area contributed by atoms with Gasteiger partial charge in [-0.25, -0.2) is 9.97 Å². The predicted octanol–water partition coefficient (Wildman–Crippen LogP) is 1.53. The van der Waals surface area contributed by atoms with Gasteiger partial charge in [0, 0.05) is 45.1 Å². The van der Waals surface area contributed by atoms with Crippen LogP contribution in [0.15, 0.2) is 4.52 Å². The van der Waals surface area contributed by atoms with Crippen LogP contribution in [0, 0.1) is 19.8 Å². The number of anilines is 1. The molecule has 8 nitrogen and oxygen atoms in total. The minimum absolute atomic E-state index is 0.503. The van der Waals surface area contributed by atoms with Gasteiger partial charge in [0.2, 0.25) is 5.89 Å². The highest BCUT2D eigenvalue weighted by atomic mass is 16.5. The van der Waals surface area contributed by atoms with Crippen LogP contribution in [0.5, 0.6) is 0 Å². The Balaban J connectivity index is 1.45. The summed E-state index contributed by atoms with van der Waals surface area (Å²) in [6.07, 6.45) is 3.10. The van der Waals surface area contributed by atoms with Crippen molar-refractivity contribution in [3.63, 3.8) is 0 Å². The minimum Gasteiger partial charge on any atom is -0.381 e. The lowest BCUT2D eigenvalue weighted by atomic mass is 10.1. The summed E-state index contributed by atoms with van der Waals surface area (Å²) >= 11 is 0. The maximum atomic E-state index is 5.52. The number of nitrogens with zero attached hydrogens (tertiary/aromatic N) is 5. The van der Waals surface area contributed by atoms with Crippen LogP contribution in [0.2, 0.25) is 0 Å². The molecule has 2 aliphatic heterocycles. The van der Waals surface area contributed by atoms with E-state index in [4.69, 9.17) is 14.2 Å². The lowest BCUT2D eigenvalue weighted by Crippen LogP contribution is -2.32. The van der Waals surface area contributed by atoms with E-state index in [1.54, 1.807) is 6.92 Å². The van der Waals surface area contributed by atoms with Crippen LogP contribution in [0.4, 0.5) is 5.82 Å². The average Bonchev–Trinajstić information content (AvgIpc) is 3.23. The summed E-state index contributed by atoms with van der Waals surface area (Å²) in [6, 6.07) is 0. The van der Waals surface area contributed by atoms with Gasteiger partial charge in [-0.3, -0.25) is 0 Å². The van der Waals surface area contributed by atoms with Gasteiger partial charge in [-0.2, -0.15) is 4.98 Å². The van der Waals surface area contributed by atoms with Crippen molar-refractivity contribution in [2.75, 3.05) is 38.2 Å². The van der Waals surface area contributed by atoms with Crippen molar-refractivity contribution < 1.29 is 9.26 Å². The molecule has 0 amide bonds. The number of aromatic nitrogens is 4. The molecule has 26 heavy (non-hydrogen) atoms. The zero-order valence-corrected chi connectivity index (χ0v) is 15.5. The second-order valence-corrected chi connectivity index (χ2v) is 7.16. The number of fused-ring (bicyclic) bond motifs is 1. The Bertz CT molecular complexity index is 756. The Kier molecular flexibility index (Phi) is 5.12. The van der Waals surface area contributed by atoms with Crippen LogP contribution in [0.25, 0.3) is 0 Å². The van der Waals surface area contributed by atoms with Crippen LogP contribution < -0.4 is 5.32 Å². The molecule has 2 aromatic heterocycles. The lowest BCUT2D eigenvalue weighted by molar-refractivity contribution is 0.168. The maximum absolute atomic E-state index is 5.52. The third-order valence-electron chi connectivity index (χ3n) is 5.07. The summed E-state index contributed by atoms with van der Waals surface area (Å²) in [5.41, 5.74) is 2.38. The van der Waals surface area contributed by atoms with E-state index in [0.717, 1.165) is 63.0 Å². The first-order valence-electron chi connectivity index (χ1n) is 9.37.